The third-order valence-corrected chi connectivity index (χ3v) is 3.16. The highest BCUT2D eigenvalue weighted by Crippen LogP contribution is 2.17. The fourth-order valence-corrected chi connectivity index (χ4v) is 1.76. The molecule has 1 aromatic heterocycles. The van der Waals surface area contributed by atoms with Crippen LogP contribution in [0.15, 0.2) is 34.9 Å². The summed E-state index contributed by atoms with van der Waals surface area (Å²) in [4.78, 5) is 4.37. The summed E-state index contributed by atoms with van der Waals surface area (Å²) in [5, 5.41) is 7.12. The molecule has 116 valence electrons. The van der Waals surface area contributed by atoms with E-state index in [0.717, 1.165) is 12.0 Å². The molecule has 0 fully saturated rings. The number of nitrogens with one attached hydrogen (secondary N) is 1. The fraction of sp³-hybridized carbons (Fsp3) is 0.467. The summed E-state index contributed by atoms with van der Waals surface area (Å²) in [6, 6.07) is 10.3. The lowest BCUT2D eigenvalue weighted by atomic mass is 10.2. The number of benzene rings is 1. The van der Waals surface area contributed by atoms with Gasteiger partial charge in [-0.25, -0.2) is 0 Å². The van der Waals surface area contributed by atoms with Crippen molar-refractivity contribution in [3.8, 4) is 0 Å². The SMILES string of the molecule is CNC(C)Cc1noc(C(C)OCc2ccccc2)n1.Cl. The van der Waals surface area contributed by atoms with E-state index in [-0.39, 0.29) is 18.5 Å². The van der Waals surface area contributed by atoms with Crippen molar-refractivity contribution in [1.82, 2.24) is 15.5 Å². The largest absolute Gasteiger partial charge is 0.364 e. The molecule has 0 saturated carbocycles. The van der Waals surface area contributed by atoms with Crippen LogP contribution in [-0.4, -0.2) is 23.2 Å². The lowest BCUT2D eigenvalue weighted by Gasteiger charge is -2.08. The molecule has 0 saturated heterocycles. The first kappa shape index (κ1) is 17.6. The Balaban J connectivity index is 0.00000220. The summed E-state index contributed by atoms with van der Waals surface area (Å²) in [7, 11) is 1.91. The molecule has 0 bridgehead atoms. The highest BCUT2D eigenvalue weighted by Gasteiger charge is 2.15. The molecule has 0 aliphatic heterocycles. The molecule has 2 unspecified atom stereocenters. The third-order valence-electron chi connectivity index (χ3n) is 3.16. The van der Waals surface area contributed by atoms with Gasteiger partial charge in [0.15, 0.2) is 5.82 Å². The van der Waals surface area contributed by atoms with Gasteiger partial charge in [-0.15, -0.1) is 12.4 Å². The van der Waals surface area contributed by atoms with Crippen LogP contribution in [0.1, 0.15) is 37.2 Å². The molecule has 6 heteroatoms. The van der Waals surface area contributed by atoms with Crippen LogP contribution in [0.4, 0.5) is 0 Å². The van der Waals surface area contributed by atoms with Crippen molar-refractivity contribution in [2.45, 2.75) is 39.0 Å². The minimum Gasteiger partial charge on any atom is -0.364 e. The normalized spacial score (nSPS) is 13.5. The Bertz CT molecular complexity index is 519. The van der Waals surface area contributed by atoms with Crippen LogP contribution >= 0.6 is 12.4 Å². The maximum atomic E-state index is 5.75. The standard InChI is InChI=1S/C15H21N3O2.ClH/c1-11(16-3)9-14-17-15(20-18-14)12(2)19-10-13-7-5-4-6-8-13;/h4-8,11-12,16H,9-10H2,1-3H3;1H. The molecule has 5 nitrogen and oxygen atoms in total. The smallest absolute Gasteiger partial charge is 0.255 e. The number of ether oxygens (including phenoxy) is 1. The highest BCUT2D eigenvalue weighted by atomic mass is 35.5. The van der Waals surface area contributed by atoms with Gasteiger partial charge in [-0.3, -0.25) is 0 Å². The molecule has 0 radical (unpaired) electrons. The Hall–Kier alpha value is -1.43. The second-order valence-electron chi connectivity index (χ2n) is 4.88. The summed E-state index contributed by atoms with van der Waals surface area (Å²) in [6.45, 7) is 4.53. The van der Waals surface area contributed by atoms with Crippen molar-refractivity contribution < 1.29 is 9.26 Å². The van der Waals surface area contributed by atoms with Crippen molar-refractivity contribution in [1.29, 1.82) is 0 Å². The van der Waals surface area contributed by atoms with E-state index in [4.69, 9.17) is 9.26 Å². The van der Waals surface area contributed by atoms with Crippen LogP contribution in [0.25, 0.3) is 0 Å². The van der Waals surface area contributed by atoms with Crippen LogP contribution < -0.4 is 5.32 Å². The van der Waals surface area contributed by atoms with Crippen molar-refractivity contribution >= 4 is 12.4 Å². The predicted molar refractivity (Wildman–Crippen MR) is 83.4 cm³/mol. The second-order valence-corrected chi connectivity index (χ2v) is 4.88. The van der Waals surface area contributed by atoms with Crippen molar-refractivity contribution in [3.63, 3.8) is 0 Å². The second kappa shape index (κ2) is 8.77. The minimum atomic E-state index is -0.207. The van der Waals surface area contributed by atoms with Crippen LogP contribution in [-0.2, 0) is 17.8 Å². The van der Waals surface area contributed by atoms with Crippen LogP contribution in [0.2, 0.25) is 0 Å². The lowest BCUT2D eigenvalue weighted by Crippen LogP contribution is -2.24. The molecule has 1 heterocycles. The van der Waals surface area contributed by atoms with E-state index >= 15 is 0 Å². The first-order chi connectivity index (χ1) is 9.69. The molecular formula is C15H22ClN3O2. The average molecular weight is 312 g/mol. The number of halogens is 1. The van der Waals surface area contributed by atoms with Crippen LogP contribution in [0.5, 0.6) is 0 Å². The quantitative estimate of drug-likeness (QED) is 0.852. The fourth-order valence-electron chi connectivity index (χ4n) is 1.76. The zero-order valence-corrected chi connectivity index (χ0v) is 13.4. The Morgan fingerprint density at radius 1 is 1.24 bits per heavy atom. The van der Waals surface area contributed by atoms with Crippen molar-refractivity contribution in [2.24, 2.45) is 0 Å². The van der Waals surface area contributed by atoms with E-state index < -0.39 is 0 Å². The van der Waals surface area contributed by atoms with E-state index in [1.54, 1.807) is 0 Å². The van der Waals surface area contributed by atoms with Gasteiger partial charge in [0.2, 0.25) is 0 Å². The Labute approximate surface area is 131 Å². The monoisotopic (exact) mass is 311 g/mol. The summed E-state index contributed by atoms with van der Waals surface area (Å²) in [5.41, 5.74) is 1.13. The van der Waals surface area contributed by atoms with Gasteiger partial charge in [0.1, 0.15) is 6.10 Å². The molecule has 1 N–H and O–H groups in total. The van der Waals surface area contributed by atoms with Gasteiger partial charge < -0.3 is 14.6 Å². The van der Waals surface area contributed by atoms with Gasteiger partial charge in [-0.1, -0.05) is 35.5 Å². The van der Waals surface area contributed by atoms with Gasteiger partial charge in [0.25, 0.3) is 5.89 Å². The molecule has 2 rings (SSSR count). The first-order valence-electron chi connectivity index (χ1n) is 6.84. The van der Waals surface area contributed by atoms with Gasteiger partial charge in [0.05, 0.1) is 6.61 Å². The molecular weight excluding hydrogens is 290 g/mol. The van der Waals surface area contributed by atoms with Crippen molar-refractivity contribution in [3.05, 3.63) is 47.6 Å². The van der Waals surface area contributed by atoms with E-state index in [2.05, 4.69) is 22.4 Å². The summed E-state index contributed by atoms with van der Waals surface area (Å²) < 4.78 is 11.0. The number of nitrogens with zero attached hydrogens (tertiary/aromatic N) is 2. The maximum absolute atomic E-state index is 5.75. The van der Waals surface area contributed by atoms with E-state index in [9.17, 15) is 0 Å². The van der Waals surface area contributed by atoms with Crippen molar-refractivity contribution in [2.75, 3.05) is 7.05 Å². The number of hydrogen-bond acceptors (Lipinski definition) is 5. The number of likely N-dealkylation sites (N-methyl/N-ethyl adjacent to an activating group) is 1. The number of aromatic nitrogens is 2. The zero-order chi connectivity index (χ0) is 14.4. The minimum absolute atomic E-state index is 0. The predicted octanol–water partition coefficient (Wildman–Crippen LogP) is 2.92. The van der Waals surface area contributed by atoms with Gasteiger partial charge in [-0.2, -0.15) is 4.98 Å². The summed E-state index contributed by atoms with van der Waals surface area (Å²) in [6.07, 6.45) is 0.534. The molecule has 0 spiro atoms. The first-order valence-corrected chi connectivity index (χ1v) is 6.84. The Morgan fingerprint density at radius 3 is 2.62 bits per heavy atom. The molecule has 2 aromatic rings. The molecule has 0 amide bonds. The van der Waals surface area contributed by atoms with E-state index in [1.807, 2.05) is 44.3 Å². The zero-order valence-electron chi connectivity index (χ0n) is 12.6. The molecule has 1 aromatic carbocycles. The number of hydrogen-bond donors (Lipinski definition) is 1. The Morgan fingerprint density at radius 2 is 1.95 bits per heavy atom. The molecule has 0 aliphatic rings. The summed E-state index contributed by atoms with van der Waals surface area (Å²) >= 11 is 0. The van der Waals surface area contributed by atoms with Gasteiger partial charge in [-0.05, 0) is 26.5 Å². The molecule has 2 atom stereocenters. The lowest BCUT2D eigenvalue weighted by molar-refractivity contribution is 0.0308. The topological polar surface area (TPSA) is 60.2 Å². The van der Waals surface area contributed by atoms with E-state index in [0.29, 0.717) is 24.4 Å². The highest BCUT2D eigenvalue weighted by molar-refractivity contribution is 5.85. The average Bonchev–Trinajstić information content (AvgIpc) is 2.94. The van der Waals surface area contributed by atoms with E-state index in [1.165, 1.54) is 0 Å². The molecule has 21 heavy (non-hydrogen) atoms. The third kappa shape index (κ3) is 5.46. The molecule has 0 aliphatic carbocycles. The van der Waals surface area contributed by atoms with Crippen LogP contribution in [0.3, 0.4) is 0 Å². The van der Waals surface area contributed by atoms with Gasteiger partial charge >= 0.3 is 0 Å². The maximum Gasteiger partial charge on any atom is 0.255 e. The summed E-state index contributed by atoms with van der Waals surface area (Å²) in [5.74, 6) is 1.23. The number of rotatable bonds is 7. The van der Waals surface area contributed by atoms with Gasteiger partial charge in [0, 0.05) is 12.5 Å². The van der Waals surface area contributed by atoms with Crippen LogP contribution in [0, 0.1) is 0 Å². The Kier molecular flexibility index (Phi) is 7.36.